The molecule has 0 aromatic heterocycles. The summed E-state index contributed by atoms with van der Waals surface area (Å²) >= 11 is 0. The van der Waals surface area contributed by atoms with Crippen molar-refractivity contribution in [3.05, 3.63) is 39.4 Å². The molecular weight excluding hydrogens is 306 g/mol. The average Bonchev–Trinajstić information content (AvgIpc) is 2.77. The second kappa shape index (κ2) is 6.34. The maximum Gasteiger partial charge on any atom is 0.282 e. The summed E-state index contributed by atoms with van der Waals surface area (Å²) in [5.74, 6) is -2.50. The van der Waals surface area contributed by atoms with E-state index in [4.69, 9.17) is 0 Å². The summed E-state index contributed by atoms with van der Waals surface area (Å²) in [6.45, 7) is 1.74. The number of nitrogens with one attached hydrogen (secondary N) is 1. The van der Waals surface area contributed by atoms with Gasteiger partial charge < -0.3 is 0 Å². The van der Waals surface area contributed by atoms with Crippen LogP contribution in [0.4, 0.5) is 5.69 Å². The van der Waals surface area contributed by atoms with Gasteiger partial charge in [-0.1, -0.05) is 19.4 Å². The molecule has 1 aromatic carbocycles. The van der Waals surface area contributed by atoms with Crippen molar-refractivity contribution in [2.45, 2.75) is 25.8 Å². The first-order chi connectivity index (χ1) is 10.9. The van der Waals surface area contributed by atoms with Crippen molar-refractivity contribution in [3.63, 3.8) is 0 Å². The molecule has 0 spiro atoms. The molecule has 1 aliphatic heterocycles. The zero-order chi connectivity index (χ0) is 17.1. The lowest BCUT2D eigenvalue weighted by molar-refractivity contribution is -0.385. The van der Waals surface area contributed by atoms with E-state index in [0.717, 1.165) is 6.07 Å². The number of amides is 4. The third kappa shape index (κ3) is 2.68. The Bertz CT molecular complexity index is 714. The van der Waals surface area contributed by atoms with E-state index in [1.54, 1.807) is 6.92 Å². The predicted octanol–water partition coefficient (Wildman–Crippen LogP) is 0.632. The number of carbonyl (C=O) groups excluding carboxylic acids is 4. The quantitative estimate of drug-likeness (QED) is 0.354. The van der Waals surface area contributed by atoms with Crippen molar-refractivity contribution >= 4 is 29.8 Å². The minimum atomic E-state index is -1.20. The first-order valence-electron chi connectivity index (χ1n) is 6.83. The first kappa shape index (κ1) is 16.3. The number of benzene rings is 1. The molecule has 0 aliphatic carbocycles. The minimum absolute atomic E-state index is 0.121. The van der Waals surface area contributed by atoms with Gasteiger partial charge in [0.2, 0.25) is 12.3 Å². The van der Waals surface area contributed by atoms with E-state index in [0.29, 0.717) is 11.3 Å². The zero-order valence-electron chi connectivity index (χ0n) is 12.1. The highest BCUT2D eigenvalue weighted by molar-refractivity contribution is 6.24. The number of nitro benzene ring substituents is 1. The van der Waals surface area contributed by atoms with Gasteiger partial charge in [-0.2, -0.15) is 0 Å². The van der Waals surface area contributed by atoms with Gasteiger partial charge in [0.05, 0.1) is 10.5 Å². The molecule has 9 heteroatoms. The van der Waals surface area contributed by atoms with Crippen molar-refractivity contribution in [2.24, 2.45) is 0 Å². The highest BCUT2D eigenvalue weighted by Gasteiger charge is 2.45. The number of hydrogen-bond acceptors (Lipinski definition) is 6. The largest absolute Gasteiger partial charge is 0.297 e. The SMILES string of the molecule is CCCC(C(=O)NC=O)N1C(=O)c2cccc([N+](=O)[O-])c2C1=O. The molecule has 1 heterocycles. The summed E-state index contributed by atoms with van der Waals surface area (Å²) in [6.07, 6.45) is 0.761. The highest BCUT2D eigenvalue weighted by Crippen LogP contribution is 2.32. The summed E-state index contributed by atoms with van der Waals surface area (Å²) in [6, 6.07) is 2.51. The zero-order valence-corrected chi connectivity index (χ0v) is 12.1. The Morgan fingerprint density at radius 2 is 2.09 bits per heavy atom. The normalized spacial score (nSPS) is 14.4. The third-order valence-electron chi connectivity index (χ3n) is 3.50. The molecule has 1 N–H and O–H groups in total. The van der Waals surface area contributed by atoms with Crippen LogP contribution in [0.1, 0.15) is 40.5 Å². The van der Waals surface area contributed by atoms with Gasteiger partial charge in [0.25, 0.3) is 17.5 Å². The number of hydrogen-bond donors (Lipinski definition) is 1. The first-order valence-corrected chi connectivity index (χ1v) is 6.83. The molecule has 2 rings (SSSR count). The maximum atomic E-state index is 12.5. The molecule has 1 aromatic rings. The lowest BCUT2D eigenvalue weighted by atomic mass is 10.1. The van der Waals surface area contributed by atoms with E-state index < -0.39 is 34.4 Å². The van der Waals surface area contributed by atoms with Gasteiger partial charge >= 0.3 is 0 Å². The molecule has 0 radical (unpaired) electrons. The summed E-state index contributed by atoms with van der Waals surface area (Å²) in [5, 5.41) is 13.0. The van der Waals surface area contributed by atoms with Crippen molar-refractivity contribution in [1.82, 2.24) is 10.2 Å². The van der Waals surface area contributed by atoms with E-state index in [-0.39, 0.29) is 24.0 Å². The van der Waals surface area contributed by atoms with Crippen LogP contribution < -0.4 is 5.32 Å². The summed E-state index contributed by atoms with van der Waals surface area (Å²) < 4.78 is 0. The molecule has 0 bridgehead atoms. The molecular formula is C14H13N3O6. The molecule has 23 heavy (non-hydrogen) atoms. The second-order valence-electron chi connectivity index (χ2n) is 4.87. The number of nitrogens with zero attached hydrogens (tertiary/aromatic N) is 2. The van der Waals surface area contributed by atoms with Gasteiger partial charge in [0.15, 0.2) is 0 Å². The molecule has 0 fully saturated rings. The Labute approximate surface area is 130 Å². The van der Waals surface area contributed by atoms with Crippen LogP contribution in [0.15, 0.2) is 18.2 Å². The highest BCUT2D eigenvalue weighted by atomic mass is 16.6. The fourth-order valence-corrected chi connectivity index (χ4v) is 2.53. The van der Waals surface area contributed by atoms with Crippen LogP contribution >= 0.6 is 0 Å². The van der Waals surface area contributed by atoms with E-state index >= 15 is 0 Å². The number of fused-ring (bicyclic) bond motifs is 1. The Balaban J connectivity index is 2.50. The third-order valence-corrected chi connectivity index (χ3v) is 3.50. The van der Waals surface area contributed by atoms with Crippen molar-refractivity contribution in [2.75, 3.05) is 0 Å². The summed E-state index contributed by atoms with van der Waals surface area (Å²) in [7, 11) is 0. The summed E-state index contributed by atoms with van der Waals surface area (Å²) in [4.78, 5) is 58.3. The summed E-state index contributed by atoms with van der Waals surface area (Å²) in [5.41, 5.74) is -0.943. The average molecular weight is 319 g/mol. The van der Waals surface area contributed by atoms with Crippen LogP contribution in [-0.4, -0.2) is 40.0 Å². The van der Waals surface area contributed by atoms with Crippen LogP contribution in [-0.2, 0) is 9.59 Å². The van der Waals surface area contributed by atoms with Crippen LogP contribution in [0.2, 0.25) is 0 Å². The Kier molecular flexibility index (Phi) is 4.49. The molecule has 120 valence electrons. The van der Waals surface area contributed by atoms with Gasteiger partial charge in [-0.25, -0.2) is 0 Å². The Morgan fingerprint density at radius 3 is 2.65 bits per heavy atom. The predicted molar refractivity (Wildman–Crippen MR) is 76.5 cm³/mol. The van der Waals surface area contributed by atoms with Crippen molar-refractivity contribution < 1.29 is 24.1 Å². The fraction of sp³-hybridized carbons (Fsp3) is 0.286. The number of rotatable bonds is 6. The smallest absolute Gasteiger partial charge is 0.282 e. The molecule has 1 atom stereocenters. The van der Waals surface area contributed by atoms with Gasteiger partial charge in [-0.05, 0) is 12.5 Å². The van der Waals surface area contributed by atoms with E-state index in [1.165, 1.54) is 12.1 Å². The van der Waals surface area contributed by atoms with Gasteiger partial charge in [-0.15, -0.1) is 0 Å². The topological polar surface area (TPSA) is 127 Å². The van der Waals surface area contributed by atoms with Gasteiger partial charge in [0, 0.05) is 6.07 Å². The van der Waals surface area contributed by atoms with E-state index in [2.05, 4.69) is 0 Å². The maximum absolute atomic E-state index is 12.5. The lowest BCUT2D eigenvalue weighted by Gasteiger charge is -2.23. The number of carbonyl (C=O) groups is 4. The Morgan fingerprint density at radius 1 is 1.39 bits per heavy atom. The molecule has 0 saturated heterocycles. The monoisotopic (exact) mass is 319 g/mol. The van der Waals surface area contributed by atoms with E-state index in [1.807, 2.05) is 5.32 Å². The second-order valence-corrected chi connectivity index (χ2v) is 4.87. The number of nitro groups is 1. The van der Waals surface area contributed by atoms with Crippen LogP contribution in [0.3, 0.4) is 0 Å². The van der Waals surface area contributed by atoms with Crippen LogP contribution in [0, 0.1) is 10.1 Å². The fourth-order valence-electron chi connectivity index (χ4n) is 2.53. The standard InChI is InChI=1S/C14H13N3O6/c1-2-4-10(12(19)15-7-18)16-13(20)8-5-3-6-9(17(22)23)11(8)14(16)21/h3,5-7,10H,2,4H2,1H3,(H,15,18,19). The molecule has 4 amide bonds. The Hall–Kier alpha value is -3.10. The lowest BCUT2D eigenvalue weighted by Crippen LogP contribution is -2.49. The van der Waals surface area contributed by atoms with E-state index in [9.17, 15) is 29.3 Å². The van der Waals surface area contributed by atoms with Gasteiger partial charge in [-0.3, -0.25) is 39.5 Å². The van der Waals surface area contributed by atoms with Gasteiger partial charge in [0.1, 0.15) is 11.6 Å². The molecule has 1 unspecified atom stereocenters. The number of imide groups is 2. The van der Waals surface area contributed by atoms with Crippen molar-refractivity contribution in [3.8, 4) is 0 Å². The molecule has 1 aliphatic rings. The van der Waals surface area contributed by atoms with Crippen molar-refractivity contribution in [1.29, 1.82) is 0 Å². The van der Waals surface area contributed by atoms with Crippen LogP contribution in [0.5, 0.6) is 0 Å². The van der Waals surface area contributed by atoms with Crippen LogP contribution in [0.25, 0.3) is 0 Å². The minimum Gasteiger partial charge on any atom is -0.297 e. The molecule has 0 saturated carbocycles. The molecule has 9 nitrogen and oxygen atoms in total.